The fourth-order valence-corrected chi connectivity index (χ4v) is 3.56. The van der Waals surface area contributed by atoms with Gasteiger partial charge in [0, 0.05) is 0 Å². The van der Waals surface area contributed by atoms with Crippen molar-refractivity contribution in [3.63, 3.8) is 0 Å². The molecule has 2 unspecified atom stereocenters. The van der Waals surface area contributed by atoms with Crippen molar-refractivity contribution in [3.05, 3.63) is 23.3 Å². The minimum atomic E-state index is -0.163. The summed E-state index contributed by atoms with van der Waals surface area (Å²) in [6, 6.07) is 0. The van der Waals surface area contributed by atoms with Crippen LogP contribution >= 0.6 is 0 Å². The lowest BCUT2D eigenvalue weighted by Gasteiger charge is -2.22. The highest BCUT2D eigenvalue weighted by Crippen LogP contribution is 2.46. The molecule has 4 atom stereocenters. The fourth-order valence-electron chi connectivity index (χ4n) is 3.56. The van der Waals surface area contributed by atoms with Gasteiger partial charge in [0.1, 0.15) is 0 Å². The van der Waals surface area contributed by atoms with Gasteiger partial charge in [-0.05, 0) is 62.9 Å². The second-order valence-corrected chi connectivity index (χ2v) is 5.89. The summed E-state index contributed by atoms with van der Waals surface area (Å²) in [6.45, 7) is 10.8. The summed E-state index contributed by atoms with van der Waals surface area (Å²) in [5.41, 5.74) is 4.14. The van der Waals surface area contributed by atoms with Gasteiger partial charge in [-0.2, -0.15) is 0 Å². The average Bonchev–Trinajstić information content (AvgIpc) is 2.39. The van der Waals surface area contributed by atoms with Gasteiger partial charge in [0.2, 0.25) is 0 Å². The maximum absolute atomic E-state index is 10.1. The molecule has 0 aromatic rings. The van der Waals surface area contributed by atoms with Gasteiger partial charge in [-0.15, -0.1) is 0 Å². The normalized spacial score (nSPS) is 39.5. The topological polar surface area (TPSA) is 20.2 Å². The zero-order chi connectivity index (χ0) is 11.9. The smallest absolute Gasteiger partial charge is 0.0758 e. The molecule has 0 aromatic carbocycles. The molecule has 0 heterocycles. The van der Waals surface area contributed by atoms with Crippen molar-refractivity contribution < 1.29 is 5.11 Å². The number of allylic oxidation sites excluding steroid dienone is 2. The second kappa shape index (κ2) is 4.37. The molecule has 0 bridgehead atoms. The van der Waals surface area contributed by atoms with Crippen LogP contribution in [0.25, 0.3) is 0 Å². The Hall–Kier alpha value is -0.560. The molecule has 0 radical (unpaired) electrons. The highest BCUT2D eigenvalue weighted by molar-refractivity contribution is 5.27. The third-order valence-corrected chi connectivity index (χ3v) is 4.64. The molecule has 1 nitrogen and oxygen atoms in total. The van der Waals surface area contributed by atoms with E-state index in [1.165, 1.54) is 29.6 Å². The fraction of sp³-hybridized carbons (Fsp3) is 0.733. The first kappa shape index (κ1) is 11.9. The largest absolute Gasteiger partial charge is 0.389 e. The first-order valence-electron chi connectivity index (χ1n) is 6.53. The summed E-state index contributed by atoms with van der Waals surface area (Å²) in [5, 5.41) is 10.1. The van der Waals surface area contributed by atoms with E-state index in [0.717, 1.165) is 12.8 Å². The first-order valence-corrected chi connectivity index (χ1v) is 6.53. The zero-order valence-electron chi connectivity index (χ0n) is 10.8. The Morgan fingerprint density at radius 2 is 2.06 bits per heavy atom. The molecule has 0 aliphatic heterocycles. The molecule has 0 aromatic heterocycles. The quantitative estimate of drug-likeness (QED) is 0.668. The predicted octanol–water partition coefficient (Wildman–Crippen LogP) is 3.70. The molecule has 1 N–H and O–H groups in total. The summed E-state index contributed by atoms with van der Waals surface area (Å²) in [6.07, 6.45) is 4.37. The van der Waals surface area contributed by atoms with Crippen LogP contribution in [0.15, 0.2) is 23.3 Å². The Morgan fingerprint density at radius 1 is 1.38 bits per heavy atom. The Bertz CT molecular complexity index is 326. The van der Waals surface area contributed by atoms with E-state index in [1.54, 1.807) is 0 Å². The summed E-state index contributed by atoms with van der Waals surface area (Å²) < 4.78 is 0. The molecule has 2 aliphatic carbocycles. The molecule has 16 heavy (non-hydrogen) atoms. The van der Waals surface area contributed by atoms with Gasteiger partial charge in [-0.3, -0.25) is 0 Å². The Morgan fingerprint density at radius 3 is 2.69 bits per heavy atom. The number of hydrogen-bond acceptors (Lipinski definition) is 1. The molecule has 1 fully saturated rings. The summed E-state index contributed by atoms with van der Waals surface area (Å²) >= 11 is 0. The minimum Gasteiger partial charge on any atom is -0.389 e. The molecule has 0 amide bonds. The van der Waals surface area contributed by atoms with Crippen molar-refractivity contribution in [1.82, 2.24) is 0 Å². The number of aliphatic hydroxyl groups excluding tert-OH is 1. The number of fused-ring (bicyclic) bond motifs is 1. The second-order valence-electron chi connectivity index (χ2n) is 5.89. The van der Waals surface area contributed by atoms with Crippen LogP contribution in [0.1, 0.15) is 46.5 Å². The molecule has 1 heteroatoms. The van der Waals surface area contributed by atoms with E-state index < -0.39 is 0 Å². The van der Waals surface area contributed by atoms with E-state index in [2.05, 4.69) is 27.4 Å². The average molecular weight is 220 g/mol. The molecule has 90 valence electrons. The predicted molar refractivity (Wildman–Crippen MR) is 68.1 cm³/mol. The van der Waals surface area contributed by atoms with Crippen LogP contribution in [0.4, 0.5) is 0 Å². The van der Waals surface area contributed by atoms with Crippen LogP contribution in [0, 0.1) is 17.8 Å². The van der Waals surface area contributed by atoms with Crippen LogP contribution < -0.4 is 0 Å². The molecule has 2 aliphatic rings. The lowest BCUT2D eigenvalue weighted by atomic mass is 9.83. The molecule has 2 rings (SSSR count). The van der Waals surface area contributed by atoms with Crippen LogP contribution in [0.2, 0.25) is 0 Å². The number of hydrogen-bond donors (Lipinski definition) is 1. The van der Waals surface area contributed by atoms with E-state index >= 15 is 0 Å². The van der Waals surface area contributed by atoms with Gasteiger partial charge in [0.05, 0.1) is 6.10 Å². The van der Waals surface area contributed by atoms with E-state index in [0.29, 0.717) is 17.8 Å². The minimum absolute atomic E-state index is 0.163. The van der Waals surface area contributed by atoms with E-state index in [9.17, 15) is 5.11 Å². The summed E-state index contributed by atoms with van der Waals surface area (Å²) in [4.78, 5) is 0. The van der Waals surface area contributed by atoms with Gasteiger partial charge in [-0.25, -0.2) is 0 Å². The van der Waals surface area contributed by atoms with E-state index in [4.69, 9.17) is 0 Å². The van der Waals surface area contributed by atoms with Crippen LogP contribution in [-0.2, 0) is 0 Å². The molecular weight excluding hydrogens is 196 g/mol. The lowest BCUT2D eigenvalue weighted by Crippen LogP contribution is -2.12. The maximum Gasteiger partial charge on any atom is 0.0758 e. The van der Waals surface area contributed by atoms with Crippen LogP contribution in [0.3, 0.4) is 0 Å². The van der Waals surface area contributed by atoms with Gasteiger partial charge in [0.15, 0.2) is 0 Å². The maximum atomic E-state index is 10.1. The SMILES string of the molecule is C=C(C)[C@@H]1CCC(C)=C2C(O)C[C@H](C)C2C1. The Balaban J connectivity index is 2.27. The van der Waals surface area contributed by atoms with Crippen molar-refractivity contribution in [1.29, 1.82) is 0 Å². The standard InChI is InChI=1S/C15H24O/c1-9(2)12-6-5-10(3)15-13(8-12)11(4)7-14(15)16/h11-14,16H,1,5-8H2,2-4H3/t11-,12+,13?,14?/m0/s1. The zero-order valence-corrected chi connectivity index (χ0v) is 10.8. The van der Waals surface area contributed by atoms with Crippen LogP contribution in [0.5, 0.6) is 0 Å². The third kappa shape index (κ3) is 1.98. The number of aliphatic hydroxyl groups is 1. The monoisotopic (exact) mass is 220 g/mol. The van der Waals surface area contributed by atoms with Gasteiger partial charge < -0.3 is 5.11 Å². The third-order valence-electron chi connectivity index (χ3n) is 4.64. The lowest BCUT2D eigenvalue weighted by molar-refractivity contribution is 0.208. The molecule has 0 spiro atoms. The first-order chi connectivity index (χ1) is 7.50. The van der Waals surface area contributed by atoms with Crippen molar-refractivity contribution in [2.24, 2.45) is 17.8 Å². The Kier molecular flexibility index (Phi) is 3.25. The Labute approximate surface area is 99.3 Å². The molecular formula is C15H24O. The molecule has 0 saturated heterocycles. The highest BCUT2D eigenvalue weighted by atomic mass is 16.3. The van der Waals surface area contributed by atoms with Crippen molar-refractivity contribution in [2.75, 3.05) is 0 Å². The van der Waals surface area contributed by atoms with Crippen molar-refractivity contribution in [2.45, 2.75) is 52.6 Å². The molecule has 1 saturated carbocycles. The van der Waals surface area contributed by atoms with Gasteiger partial charge in [-0.1, -0.05) is 24.6 Å². The van der Waals surface area contributed by atoms with Gasteiger partial charge in [0.25, 0.3) is 0 Å². The van der Waals surface area contributed by atoms with E-state index in [-0.39, 0.29) is 6.10 Å². The highest BCUT2D eigenvalue weighted by Gasteiger charge is 2.38. The number of rotatable bonds is 1. The summed E-state index contributed by atoms with van der Waals surface area (Å²) in [7, 11) is 0. The van der Waals surface area contributed by atoms with Crippen LogP contribution in [-0.4, -0.2) is 11.2 Å². The van der Waals surface area contributed by atoms with Crippen molar-refractivity contribution >= 4 is 0 Å². The van der Waals surface area contributed by atoms with Crippen molar-refractivity contribution in [3.8, 4) is 0 Å². The van der Waals surface area contributed by atoms with E-state index in [1.807, 2.05) is 0 Å². The van der Waals surface area contributed by atoms with Gasteiger partial charge >= 0.3 is 0 Å². The summed E-state index contributed by atoms with van der Waals surface area (Å²) in [5.74, 6) is 1.91.